The van der Waals surface area contributed by atoms with Crippen LogP contribution in [-0.2, 0) is 9.59 Å². The predicted octanol–water partition coefficient (Wildman–Crippen LogP) is 3.65. The Kier molecular flexibility index (Phi) is 6.56. The second kappa shape index (κ2) is 9.09. The molecular formula is C18H14Cl2N4O3S. The molecule has 0 aromatic heterocycles. The first kappa shape index (κ1) is 20.2. The van der Waals surface area contributed by atoms with E-state index in [9.17, 15) is 14.7 Å². The molecule has 0 radical (unpaired) electrons. The summed E-state index contributed by atoms with van der Waals surface area (Å²) in [7, 11) is 0. The van der Waals surface area contributed by atoms with Crippen molar-refractivity contribution in [3.05, 3.63) is 58.1 Å². The number of thioether (sulfide) groups is 1. The lowest BCUT2D eigenvalue weighted by atomic mass is 10.2. The lowest BCUT2D eigenvalue weighted by Crippen LogP contribution is -2.28. The molecule has 0 saturated carbocycles. The topological polar surface area (TPSA) is 103 Å². The fourth-order valence-corrected chi connectivity index (χ4v) is 3.58. The van der Waals surface area contributed by atoms with E-state index in [4.69, 9.17) is 23.2 Å². The van der Waals surface area contributed by atoms with Crippen molar-refractivity contribution in [2.24, 2.45) is 10.2 Å². The van der Waals surface area contributed by atoms with E-state index in [-0.39, 0.29) is 29.0 Å². The summed E-state index contributed by atoms with van der Waals surface area (Å²) >= 11 is 13.1. The van der Waals surface area contributed by atoms with Gasteiger partial charge in [0.1, 0.15) is 11.0 Å². The van der Waals surface area contributed by atoms with Gasteiger partial charge in [-0.25, -0.2) is 0 Å². The SMILES string of the molecule is O=C(C[C@@H]1S/C(=N/N=C\c2cccc(O)c2)NC1=O)Nc1cccc(Cl)c1Cl. The summed E-state index contributed by atoms with van der Waals surface area (Å²) in [4.78, 5) is 24.3. The molecule has 1 saturated heterocycles. The van der Waals surface area contributed by atoms with Crippen LogP contribution in [0.25, 0.3) is 0 Å². The van der Waals surface area contributed by atoms with Crippen LogP contribution in [0, 0.1) is 0 Å². The normalized spacial score (nSPS) is 17.9. The van der Waals surface area contributed by atoms with Crippen LogP contribution in [0.1, 0.15) is 12.0 Å². The number of nitrogens with zero attached hydrogens (tertiary/aromatic N) is 2. The standard InChI is InChI=1S/C18H14Cl2N4O3S/c19-12-5-2-6-13(16(12)20)22-15(26)8-14-17(27)23-18(28-14)24-21-9-10-3-1-4-11(25)7-10/h1-7,9,14,25H,8H2,(H,22,26)(H,23,24,27)/b21-9-/t14-/m0/s1. The molecule has 0 aliphatic carbocycles. The van der Waals surface area contributed by atoms with Crippen LogP contribution in [0.2, 0.25) is 10.0 Å². The molecular weight excluding hydrogens is 423 g/mol. The maximum atomic E-state index is 12.2. The quantitative estimate of drug-likeness (QED) is 0.491. The number of halogens is 2. The second-order valence-electron chi connectivity index (χ2n) is 5.69. The minimum atomic E-state index is -0.632. The van der Waals surface area contributed by atoms with Gasteiger partial charge >= 0.3 is 0 Å². The molecule has 7 nitrogen and oxygen atoms in total. The van der Waals surface area contributed by atoms with Crippen molar-refractivity contribution >= 4 is 63.8 Å². The third-order valence-electron chi connectivity index (χ3n) is 3.60. The van der Waals surface area contributed by atoms with Crippen molar-refractivity contribution < 1.29 is 14.7 Å². The molecule has 2 aromatic carbocycles. The molecule has 1 aliphatic rings. The molecule has 0 unspecified atom stereocenters. The Bertz CT molecular complexity index is 981. The maximum Gasteiger partial charge on any atom is 0.240 e. The van der Waals surface area contributed by atoms with Crippen LogP contribution in [0.3, 0.4) is 0 Å². The summed E-state index contributed by atoms with van der Waals surface area (Å²) in [6, 6.07) is 11.4. The fraction of sp³-hybridized carbons (Fsp3) is 0.111. The van der Waals surface area contributed by atoms with Gasteiger partial charge in [0.25, 0.3) is 0 Å². The first-order valence-electron chi connectivity index (χ1n) is 8.04. The number of aromatic hydroxyl groups is 1. The van der Waals surface area contributed by atoms with Crippen molar-refractivity contribution in [3.63, 3.8) is 0 Å². The van der Waals surface area contributed by atoms with E-state index in [1.807, 2.05) is 0 Å². The van der Waals surface area contributed by atoms with Gasteiger partial charge in [-0.2, -0.15) is 5.10 Å². The number of rotatable bonds is 5. The van der Waals surface area contributed by atoms with Gasteiger partial charge in [-0.3, -0.25) is 9.59 Å². The highest BCUT2D eigenvalue weighted by Gasteiger charge is 2.32. The van der Waals surface area contributed by atoms with E-state index in [0.717, 1.165) is 11.8 Å². The Morgan fingerprint density at radius 1 is 1.29 bits per heavy atom. The van der Waals surface area contributed by atoms with Crippen LogP contribution in [-0.4, -0.2) is 33.6 Å². The zero-order chi connectivity index (χ0) is 20.1. The van der Waals surface area contributed by atoms with Crippen LogP contribution in [0.4, 0.5) is 5.69 Å². The Labute approximate surface area is 174 Å². The number of phenolic OH excluding ortho intramolecular Hbond substituents is 1. The Hall–Kier alpha value is -2.55. The molecule has 1 aliphatic heterocycles. The number of carbonyl (C=O) groups is 2. The van der Waals surface area contributed by atoms with Gasteiger partial charge < -0.3 is 15.7 Å². The summed E-state index contributed by atoms with van der Waals surface area (Å²) in [5, 5.41) is 22.7. The number of anilines is 1. The van der Waals surface area contributed by atoms with Crippen molar-refractivity contribution in [3.8, 4) is 5.75 Å². The third kappa shape index (κ3) is 5.25. The van der Waals surface area contributed by atoms with Crippen LogP contribution >= 0.6 is 35.0 Å². The summed E-state index contributed by atoms with van der Waals surface area (Å²) < 4.78 is 0. The maximum absolute atomic E-state index is 12.2. The number of nitrogens with one attached hydrogen (secondary N) is 2. The molecule has 1 fully saturated rings. The van der Waals surface area contributed by atoms with E-state index in [2.05, 4.69) is 20.8 Å². The van der Waals surface area contributed by atoms with Crippen molar-refractivity contribution in [2.45, 2.75) is 11.7 Å². The van der Waals surface area contributed by atoms with Crippen molar-refractivity contribution in [1.82, 2.24) is 5.32 Å². The lowest BCUT2D eigenvalue weighted by molar-refractivity contribution is -0.122. The zero-order valence-corrected chi connectivity index (χ0v) is 16.6. The third-order valence-corrected chi connectivity index (χ3v) is 5.49. The van der Waals surface area contributed by atoms with Gasteiger partial charge in [-0.15, -0.1) is 5.10 Å². The minimum absolute atomic E-state index is 0.0609. The monoisotopic (exact) mass is 436 g/mol. The predicted molar refractivity (Wildman–Crippen MR) is 112 cm³/mol. The number of benzene rings is 2. The van der Waals surface area contributed by atoms with Crippen LogP contribution < -0.4 is 10.6 Å². The molecule has 28 heavy (non-hydrogen) atoms. The smallest absolute Gasteiger partial charge is 0.240 e. The van der Waals surface area contributed by atoms with Crippen LogP contribution in [0.15, 0.2) is 52.7 Å². The summed E-state index contributed by atoms with van der Waals surface area (Å²) in [6.07, 6.45) is 1.38. The van der Waals surface area contributed by atoms with Crippen LogP contribution in [0.5, 0.6) is 5.75 Å². The highest BCUT2D eigenvalue weighted by Crippen LogP contribution is 2.30. The van der Waals surface area contributed by atoms with E-state index >= 15 is 0 Å². The van der Waals surface area contributed by atoms with Gasteiger partial charge in [-0.1, -0.05) is 53.2 Å². The fourth-order valence-electron chi connectivity index (χ4n) is 2.31. The Morgan fingerprint density at radius 3 is 2.86 bits per heavy atom. The number of amidine groups is 1. The number of phenols is 1. The Balaban J connectivity index is 1.58. The molecule has 3 N–H and O–H groups in total. The van der Waals surface area contributed by atoms with Crippen molar-refractivity contribution in [1.29, 1.82) is 0 Å². The van der Waals surface area contributed by atoms with Gasteiger partial charge in [-0.05, 0) is 29.8 Å². The zero-order valence-electron chi connectivity index (χ0n) is 14.2. The summed E-state index contributed by atoms with van der Waals surface area (Å²) in [6.45, 7) is 0. The van der Waals surface area contributed by atoms with Gasteiger partial charge in [0, 0.05) is 6.42 Å². The number of hydrogen-bond acceptors (Lipinski definition) is 6. The lowest BCUT2D eigenvalue weighted by Gasteiger charge is -2.09. The second-order valence-corrected chi connectivity index (χ2v) is 7.67. The highest BCUT2D eigenvalue weighted by molar-refractivity contribution is 8.15. The first-order chi connectivity index (χ1) is 13.4. The van der Waals surface area contributed by atoms with Gasteiger partial charge in [0.05, 0.1) is 21.9 Å². The molecule has 0 bridgehead atoms. The molecule has 2 aromatic rings. The highest BCUT2D eigenvalue weighted by atomic mass is 35.5. The average molecular weight is 437 g/mol. The molecule has 3 rings (SSSR count). The summed E-state index contributed by atoms with van der Waals surface area (Å²) in [5.41, 5.74) is 1.04. The molecule has 10 heteroatoms. The molecule has 2 amide bonds. The first-order valence-corrected chi connectivity index (χ1v) is 9.67. The summed E-state index contributed by atoms with van der Waals surface area (Å²) in [5.74, 6) is -0.587. The Morgan fingerprint density at radius 2 is 2.07 bits per heavy atom. The molecule has 1 atom stereocenters. The molecule has 144 valence electrons. The number of hydrogen-bond donors (Lipinski definition) is 3. The van der Waals surface area contributed by atoms with E-state index in [0.29, 0.717) is 21.4 Å². The van der Waals surface area contributed by atoms with E-state index in [1.54, 1.807) is 36.4 Å². The average Bonchev–Trinajstić information content (AvgIpc) is 2.98. The van der Waals surface area contributed by atoms with Gasteiger partial charge in [0.15, 0.2) is 5.17 Å². The van der Waals surface area contributed by atoms with Gasteiger partial charge in [0.2, 0.25) is 11.8 Å². The number of amides is 2. The van der Waals surface area contributed by atoms with E-state index < -0.39 is 5.25 Å². The molecule has 0 spiro atoms. The largest absolute Gasteiger partial charge is 0.508 e. The van der Waals surface area contributed by atoms with Crippen molar-refractivity contribution in [2.75, 3.05) is 5.32 Å². The number of carbonyl (C=O) groups excluding carboxylic acids is 2. The minimum Gasteiger partial charge on any atom is -0.508 e. The molecule has 1 heterocycles. The van der Waals surface area contributed by atoms with E-state index in [1.165, 1.54) is 12.3 Å².